The maximum absolute atomic E-state index is 6.64. The minimum absolute atomic E-state index is 0.0447. The predicted octanol–water partition coefficient (Wildman–Crippen LogP) is 4.98. The van der Waals surface area contributed by atoms with Crippen molar-refractivity contribution in [3.05, 3.63) is 84.4 Å². The standard InChI is InChI=1S/C29H39NO5/c1-6-13-23(30-18-21-14-9-7-10-15-21)25(31-19-22-16-11-8-12-17-22)27-26(34-29(4,5)35-27)24-20-32-28(2,3)33-24/h6-12,14-17,23-27,30H,1,13,18-20H2,2-5H3/t23-,24-,25+,26-,27-/m1/s1. The second-order valence-corrected chi connectivity index (χ2v) is 10.2. The van der Waals surface area contributed by atoms with Crippen LogP contribution in [0, 0.1) is 0 Å². The Bertz CT molecular complexity index is 933. The average molecular weight is 482 g/mol. The van der Waals surface area contributed by atoms with Crippen molar-refractivity contribution in [2.45, 2.75) is 89.3 Å². The molecule has 2 heterocycles. The fourth-order valence-electron chi connectivity index (χ4n) is 4.80. The quantitative estimate of drug-likeness (QED) is 0.457. The first kappa shape index (κ1) is 26.0. The van der Waals surface area contributed by atoms with Crippen LogP contribution in [0.1, 0.15) is 45.2 Å². The Balaban J connectivity index is 1.59. The number of ether oxygens (including phenoxy) is 5. The Hall–Kier alpha value is -2.06. The summed E-state index contributed by atoms with van der Waals surface area (Å²) >= 11 is 0. The highest BCUT2D eigenvalue weighted by Crippen LogP contribution is 2.38. The zero-order valence-corrected chi connectivity index (χ0v) is 21.3. The Kier molecular flexibility index (Phi) is 8.42. The monoisotopic (exact) mass is 481 g/mol. The molecule has 0 saturated carbocycles. The summed E-state index contributed by atoms with van der Waals surface area (Å²) in [6, 6.07) is 20.5. The van der Waals surface area contributed by atoms with Crippen molar-refractivity contribution < 1.29 is 23.7 Å². The lowest BCUT2D eigenvalue weighted by molar-refractivity contribution is -0.176. The van der Waals surface area contributed by atoms with Crippen molar-refractivity contribution in [3.63, 3.8) is 0 Å². The minimum Gasteiger partial charge on any atom is -0.369 e. The van der Waals surface area contributed by atoms with Crippen LogP contribution in [0.5, 0.6) is 0 Å². The second kappa shape index (κ2) is 11.3. The van der Waals surface area contributed by atoms with Crippen LogP contribution in [0.2, 0.25) is 0 Å². The lowest BCUT2D eigenvalue weighted by atomic mass is 9.95. The lowest BCUT2D eigenvalue weighted by Crippen LogP contribution is -2.53. The highest BCUT2D eigenvalue weighted by molar-refractivity contribution is 5.15. The van der Waals surface area contributed by atoms with E-state index in [9.17, 15) is 0 Å². The van der Waals surface area contributed by atoms with Gasteiger partial charge in [-0.3, -0.25) is 0 Å². The molecule has 2 aromatic rings. The van der Waals surface area contributed by atoms with Gasteiger partial charge in [-0.15, -0.1) is 6.58 Å². The van der Waals surface area contributed by atoms with Crippen molar-refractivity contribution >= 4 is 0 Å². The fraction of sp³-hybridized carbons (Fsp3) is 0.517. The number of hydrogen-bond acceptors (Lipinski definition) is 6. The molecule has 2 aliphatic heterocycles. The fourth-order valence-corrected chi connectivity index (χ4v) is 4.80. The van der Waals surface area contributed by atoms with Gasteiger partial charge in [-0.05, 0) is 45.2 Å². The Labute approximate surface area is 209 Å². The maximum Gasteiger partial charge on any atom is 0.164 e. The summed E-state index contributed by atoms with van der Waals surface area (Å²) in [5.41, 5.74) is 2.31. The molecule has 35 heavy (non-hydrogen) atoms. The van der Waals surface area contributed by atoms with Crippen LogP contribution in [-0.2, 0) is 36.8 Å². The first-order chi connectivity index (χ1) is 16.8. The molecular weight excluding hydrogens is 442 g/mol. The van der Waals surface area contributed by atoms with E-state index in [0.29, 0.717) is 26.2 Å². The molecular formula is C29H39NO5. The molecule has 1 N–H and O–H groups in total. The topological polar surface area (TPSA) is 58.2 Å². The van der Waals surface area contributed by atoms with Crippen molar-refractivity contribution in [2.75, 3.05) is 6.61 Å². The maximum atomic E-state index is 6.64. The molecule has 0 bridgehead atoms. The molecule has 0 aliphatic carbocycles. The SMILES string of the molecule is C=CC[C@@H](NCc1ccccc1)[C@H](OCc1ccccc1)[C@H]1OC(C)(C)O[C@@H]1[C@H]1COC(C)(C)O1. The van der Waals surface area contributed by atoms with Gasteiger partial charge in [0, 0.05) is 12.6 Å². The van der Waals surface area contributed by atoms with E-state index in [1.165, 1.54) is 5.56 Å². The van der Waals surface area contributed by atoms with Gasteiger partial charge in [-0.1, -0.05) is 66.7 Å². The first-order valence-corrected chi connectivity index (χ1v) is 12.5. The Morgan fingerprint density at radius 3 is 2.20 bits per heavy atom. The zero-order valence-electron chi connectivity index (χ0n) is 21.3. The molecule has 2 saturated heterocycles. The molecule has 0 aromatic heterocycles. The van der Waals surface area contributed by atoms with Crippen molar-refractivity contribution in [1.29, 1.82) is 0 Å². The Morgan fingerprint density at radius 1 is 0.943 bits per heavy atom. The van der Waals surface area contributed by atoms with Gasteiger partial charge < -0.3 is 29.0 Å². The molecule has 0 radical (unpaired) electrons. The predicted molar refractivity (Wildman–Crippen MR) is 136 cm³/mol. The number of hydrogen-bond donors (Lipinski definition) is 1. The summed E-state index contributed by atoms with van der Waals surface area (Å²) in [7, 11) is 0. The Morgan fingerprint density at radius 2 is 1.60 bits per heavy atom. The summed E-state index contributed by atoms with van der Waals surface area (Å²) < 4.78 is 31.6. The highest BCUT2D eigenvalue weighted by Gasteiger charge is 2.53. The lowest BCUT2D eigenvalue weighted by Gasteiger charge is -2.35. The van der Waals surface area contributed by atoms with Gasteiger partial charge in [0.1, 0.15) is 24.4 Å². The van der Waals surface area contributed by atoms with E-state index >= 15 is 0 Å². The van der Waals surface area contributed by atoms with Crippen LogP contribution >= 0.6 is 0 Å². The van der Waals surface area contributed by atoms with Gasteiger partial charge in [0.25, 0.3) is 0 Å². The van der Waals surface area contributed by atoms with E-state index in [1.807, 2.05) is 58.0 Å². The van der Waals surface area contributed by atoms with Crippen LogP contribution < -0.4 is 5.32 Å². The molecule has 0 spiro atoms. The van der Waals surface area contributed by atoms with E-state index in [2.05, 4.69) is 48.3 Å². The molecule has 2 aliphatic rings. The molecule has 2 fully saturated rings. The third kappa shape index (κ3) is 7.00. The molecule has 0 amide bonds. The number of rotatable bonds is 11. The van der Waals surface area contributed by atoms with Crippen molar-refractivity contribution in [3.8, 4) is 0 Å². The van der Waals surface area contributed by atoms with Crippen LogP contribution in [0.15, 0.2) is 73.3 Å². The van der Waals surface area contributed by atoms with Gasteiger partial charge in [0.15, 0.2) is 11.6 Å². The largest absolute Gasteiger partial charge is 0.369 e. The first-order valence-electron chi connectivity index (χ1n) is 12.5. The average Bonchev–Trinajstić information content (AvgIpc) is 3.36. The smallest absolute Gasteiger partial charge is 0.164 e. The summed E-state index contributed by atoms with van der Waals surface area (Å²) in [5.74, 6) is -1.42. The zero-order chi connectivity index (χ0) is 24.9. The van der Waals surface area contributed by atoms with Gasteiger partial charge in [0.2, 0.25) is 0 Å². The van der Waals surface area contributed by atoms with Crippen LogP contribution in [-0.4, -0.2) is 48.6 Å². The third-order valence-electron chi connectivity index (χ3n) is 6.40. The minimum atomic E-state index is -0.766. The summed E-state index contributed by atoms with van der Waals surface area (Å²) in [4.78, 5) is 0. The second-order valence-electron chi connectivity index (χ2n) is 10.2. The summed E-state index contributed by atoms with van der Waals surface area (Å²) in [6.07, 6.45) is 1.39. The highest BCUT2D eigenvalue weighted by atomic mass is 16.8. The van der Waals surface area contributed by atoms with Crippen molar-refractivity contribution in [1.82, 2.24) is 5.32 Å². The molecule has 6 nitrogen and oxygen atoms in total. The molecule has 2 aromatic carbocycles. The van der Waals surface area contributed by atoms with E-state index in [0.717, 1.165) is 5.56 Å². The van der Waals surface area contributed by atoms with Gasteiger partial charge in [-0.25, -0.2) is 0 Å². The molecule has 4 rings (SSSR count). The normalized spacial score (nSPS) is 26.9. The molecule has 0 unspecified atom stereocenters. The van der Waals surface area contributed by atoms with Gasteiger partial charge >= 0.3 is 0 Å². The summed E-state index contributed by atoms with van der Waals surface area (Å²) in [5, 5.41) is 3.70. The van der Waals surface area contributed by atoms with Crippen LogP contribution in [0.25, 0.3) is 0 Å². The molecule has 5 atom stereocenters. The third-order valence-corrected chi connectivity index (χ3v) is 6.40. The van der Waals surface area contributed by atoms with Crippen molar-refractivity contribution in [2.24, 2.45) is 0 Å². The van der Waals surface area contributed by atoms with Crippen LogP contribution in [0.4, 0.5) is 0 Å². The van der Waals surface area contributed by atoms with E-state index in [-0.39, 0.29) is 30.5 Å². The van der Waals surface area contributed by atoms with Gasteiger partial charge in [-0.2, -0.15) is 0 Å². The molecule has 190 valence electrons. The molecule has 6 heteroatoms. The van der Waals surface area contributed by atoms with Crippen LogP contribution in [0.3, 0.4) is 0 Å². The summed E-state index contributed by atoms with van der Waals surface area (Å²) in [6.45, 7) is 13.4. The number of benzene rings is 2. The van der Waals surface area contributed by atoms with E-state index < -0.39 is 11.6 Å². The number of nitrogens with one attached hydrogen (secondary N) is 1. The van der Waals surface area contributed by atoms with E-state index in [4.69, 9.17) is 23.7 Å². The van der Waals surface area contributed by atoms with E-state index in [1.54, 1.807) is 0 Å². The van der Waals surface area contributed by atoms with Gasteiger partial charge in [0.05, 0.1) is 13.2 Å².